The second-order valence-corrected chi connectivity index (χ2v) is 10.8. The van der Waals surface area contributed by atoms with Crippen LogP contribution >= 0.6 is 0 Å². The van der Waals surface area contributed by atoms with Gasteiger partial charge in [0.1, 0.15) is 0 Å². The van der Waals surface area contributed by atoms with Crippen LogP contribution in [0.4, 0.5) is 0 Å². The lowest BCUT2D eigenvalue weighted by atomic mass is 9.56. The average Bonchev–Trinajstić information content (AvgIpc) is 3.53. The number of carbonyl (C=O) groups is 3. The Morgan fingerprint density at radius 3 is 2.80 bits per heavy atom. The quantitative estimate of drug-likeness (QED) is 0.510. The first-order chi connectivity index (χ1) is 14.5. The molecule has 6 aliphatic rings. The SMILES string of the molecule is O=C1CC(CC2CC3C=CC2(C24C=CC(C2)C(C(=O)O[C@H]2CCCC2=O)C4)C3)CO1. The predicted octanol–water partition coefficient (Wildman–Crippen LogP) is 3.77. The first kappa shape index (κ1) is 18.8. The van der Waals surface area contributed by atoms with Gasteiger partial charge in [-0.2, -0.15) is 0 Å². The highest BCUT2D eigenvalue weighted by molar-refractivity contribution is 5.87. The highest BCUT2D eigenvalue weighted by atomic mass is 16.5. The van der Waals surface area contributed by atoms with Crippen molar-refractivity contribution in [2.24, 2.45) is 40.4 Å². The van der Waals surface area contributed by atoms with Crippen molar-refractivity contribution in [1.29, 1.82) is 0 Å². The molecule has 0 amide bonds. The van der Waals surface area contributed by atoms with E-state index in [2.05, 4.69) is 24.3 Å². The van der Waals surface area contributed by atoms with Gasteiger partial charge in [-0.3, -0.25) is 14.4 Å². The summed E-state index contributed by atoms with van der Waals surface area (Å²) < 4.78 is 10.9. The molecule has 0 aromatic rings. The standard InChI is InChI=1S/C25H30O5/c26-20-2-1-3-21(20)30-23(28)19-13-24(6-5-17(19)12-24)25-7-4-15(11-25)8-18(25)9-16-10-22(27)29-14-16/h4-7,15-19,21H,1-3,8-14H2/t15?,16?,17?,18?,19?,21-,24?,25?/m0/s1. The van der Waals surface area contributed by atoms with Crippen molar-refractivity contribution in [2.75, 3.05) is 6.61 Å². The molecule has 1 aliphatic heterocycles. The van der Waals surface area contributed by atoms with Gasteiger partial charge in [0.15, 0.2) is 11.9 Å². The number of ether oxygens (including phenoxy) is 2. The Balaban J connectivity index is 1.22. The van der Waals surface area contributed by atoms with Crippen molar-refractivity contribution < 1.29 is 23.9 Å². The maximum absolute atomic E-state index is 13.0. The molecule has 0 aromatic carbocycles. The van der Waals surface area contributed by atoms with Crippen LogP contribution in [0, 0.1) is 40.4 Å². The molecule has 5 aliphatic carbocycles. The molecule has 0 spiro atoms. The van der Waals surface area contributed by atoms with Gasteiger partial charge in [-0.25, -0.2) is 0 Å². The summed E-state index contributed by atoms with van der Waals surface area (Å²) in [5, 5.41) is 0. The van der Waals surface area contributed by atoms with Crippen molar-refractivity contribution in [1.82, 2.24) is 0 Å². The fraction of sp³-hybridized carbons (Fsp3) is 0.720. The second-order valence-electron chi connectivity index (χ2n) is 10.8. The number of hydrogen-bond acceptors (Lipinski definition) is 5. The highest BCUT2D eigenvalue weighted by Gasteiger charge is 2.65. The van der Waals surface area contributed by atoms with E-state index in [9.17, 15) is 14.4 Å². The van der Waals surface area contributed by atoms with E-state index in [1.54, 1.807) is 0 Å². The molecule has 8 atom stereocenters. The second kappa shape index (κ2) is 6.54. The molecule has 1 saturated heterocycles. The Morgan fingerprint density at radius 2 is 2.07 bits per heavy atom. The third kappa shape index (κ3) is 2.63. The fourth-order valence-corrected chi connectivity index (χ4v) is 7.88. The Morgan fingerprint density at radius 1 is 1.17 bits per heavy atom. The third-order valence-electron chi connectivity index (χ3n) is 9.23. The summed E-state index contributed by atoms with van der Waals surface area (Å²) in [6.07, 6.45) is 16.9. The zero-order valence-corrected chi connectivity index (χ0v) is 17.4. The van der Waals surface area contributed by atoms with Crippen LogP contribution in [0.25, 0.3) is 0 Å². The number of rotatable bonds is 5. The molecule has 5 heteroatoms. The van der Waals surface area contributed by atoms with E-state index in [4.69, 9.17) is 9.47 Å². The monoisotopic (exact) mass is 410 g/mol. The molecule has 3 saturated carbocycles. The maximum Gasteiger partial charge on any atom is 0.310 e. The molecular formula is C25H30O5. The minimum Gasteiger partial charge on any atom is -0.465 e. The molecule has 160 valence electrons. The van der Waals surface area contributed by atoms with Crippen LogP contribution in [0.3, 0.4) is 0 Å². The molecule has 5 nitrogen and oxygen atoms in total. The van der Waals surface area contributed by atoms with Gasteiger partial charge in [-0.15, -0.1) is 0 Å². The normalized spacial score (nSPS) is 48.1. The Kier molecular flexibility index (Phi) is 4.11. The van der Waals surface area contributed by atoms with Crippen LogP contribution in [-0.4, -0.2) is 30.4 Å². The van der Waals surface area contributed by atoms with Gasteiger partial charge in [0.05, 0.1) is 18.9 Å². The zero-order valence-electron chi connectivity index (χ0n) is 17.4. The number of allylic oxidation sites excluding steroid dienone is 4. The summed E-state index contributed by atoms with van der Waals surface area (Å²) in [6, 6.07) is 0. The van der Waals surface area contributed by atoms with Crippen LogP contribution in [0.2, 0.25) is 0 Å². The van der Waals surface area contributed by atoms with Crippen molar-refractivity contribution >= 4 is 17.7 Å². The van der Waals surface area contributed by atoms with E-state index >= 15 is 0 Å². The number of cyclic esters (lactones) is 1. The van der Waals surface area contributed by atoms with Gasteiger partial charge in [-0.1, -0.05) is 24.3 Å². The van der Waals surface area contributed by atoms with Crippen molar-refractivity contribution in [3.05, 3.63) is 24.3 Å². The lowest BCUT2D eigenvalue weighted by molar-refractivity contribution is -0.158. The van der Waals surface area contributed by atoms with Crippen LogP contribution in [0.15, 0.2) is 24.3 Å². The van der Waals surface area contributed by atoms with Crippen molar-refractivity contribution in [3.63, 3.8) is 0 Å². The van der Waals surface area contributed by atoms with Gasteiger partial charge in [0.2, 0.25) is 0 Å². The molecule has 6 rings (SSSR count). The van der Waals surface area contributed by atoms with E-state index in [1.165, 1.54) is 12.8 Å². The van der Waals surface area contributed by atoms with Gasteiger partial charge >= 0.3 is 11.9 Å². The summed E-state index contributed by atoms with van der Waals surface area (Å²) in [5.74, 6) is 1.47. The topological polar surface area (TPSA) is 69.7 Å². The number of esters is 2. The Labute approximate surface area is 177 Å². The lowest BCUT2D eigenvalue weighted by Crippen LogP contribution is -2.41. The molecule has 1 heterocycles. The van der Waals surface area contributed by atoms with Gasteiger partial charge in [-0.05, 0) is 68.1 Å². The van der Waals surface area contributed by atoms with Crippen molar-refractivity contribution in [2.45, 2.75) is 63.9 Å². The van der Waals surface area contributed by atoms with E-state index in [0.717, 1.165) is 25.7 Å². The molecule has 0 radical (unpaired) electrons. The minimum absolute atomic E-state index is 0.0108. The summed E-state index contributed by atoms with van der Waals surface area (Å²) in [7, 11) is 0. The predicted molar refractivity (Wildman–Crippen MR) is 108 cm³/mol. The van der Waals surface area contributed by atoms with Crippen LogP contribution in [0.5, 0.6) is 0 Å². The van der Waals surface area contributed by atoms with E-state index in [1.807, 2.05) is 0 Å². The average molecular weight is 411 g/mol. The largest absolute Gasteiger partial charge is 0.465 e. The van der Waals surface area contributed by atoms with E-state index < -0.39 is 6.10 Å². The van der Waals surface area contributed by atoms with Crippen LogP contribution < -0.4 is 0 Å². The first-order valence-electron chi connectivity index (χ1n) is 11.8. The summed E-state index contributed by atoms with van der Waals surface area (Å²) >= 11 is 0. The summed E-state index contributed by atoms with van der Waals surface area (Å²) in [4.78, 5) is 36.6. The minimum atomic E-state index is -0.510. The molecule has 0 aromatic heterocycles. The Bertz CT molecular complexity index is 858. The zero-order chi connectivity index (χ0) is 20.5. The summed E-state index contributed by atoms with van der Waals surface area (Å²) in [5.41, 5.74) is 0.101. The van der Waals surface area contributed by atoms with Gasteiger partial charge in [0, 0.05) is 17.8 Å². The molecule has 4 fully saturated rings. The number of hydrogen-bond donors (Lipinski definition) is 0. The number of fused-ring (bicyclic) bond motifs is 5. The van der Waals surface area contributed by atoms with E-state index in [0.29, 0.717) is 43.6 Å². The number of Topliss-reactive ketones (excluding diaryl/α,β-unsaturated/α-hetero) is 1. The molecule has 30 heavy (non-hydrogen) atoms. The summed E-state index contributed by atoms with van der Waals surface area (Å²) in [6.45, 7) is 0.565. The maximum atomic E-state index is 13.0. The van der Waals surface area contributed by atoms with Gasteiger partial charge < -0.3 is 9.47 Å². The smallest absolute Gasteiger partial charge is 0.310 e. The fourth-order valence-electron chi connectivity index (χ4n) is 7.88. The number of ketones is 1. The van der Waals surface area contributed by atoms with Crippen LogP contribution in [0.1, 0.15) is 57.8 Å². The van der Waals surface area contributed by atoms with E-state index in [-0.39, 0.29) is 40.4 Å². The van der Waals surface area contributed by atoms with Crippen LogP contribution in [-0.2, 0) is 23.9 Å². The lowest BCUT2D eigenvalue weighted by Gasteiger charge is -2.47. The Hall–Kier alpha value is -1.91. The molecule has 0 N–H and O–H groups in total. The first-order valence-corrected chi connectivity index (χ1v) is 11.8. The molecule has 7 unspecified atom stereocenters. The molecular weight excluding hydrogens is 380 g/mol. The number of carbonyl (C=O) groups excluding carboxylic acids is 3. The van der Waals surface area contributed by atoms with Crippen molar-refractivity contribution in [3.8, 4) is 0 Å². The third-order valence-corrected chi connectivity index (χ3v) is 9.23. The molecule has 4 bridgehead atoms. The highest BCUT2D eigenvalue weighted by Crippen LogP contribution is 2.72. The van der Waals surface area contributed by atoms with Gasteiger partial charge in [0.25, 0.3) is 0 Å².